The predicted molar refractivity (Wildman–Crippen MR) is 121 cm³/mol. The van der Waals surface area contributed by atoms with Crippen molar-refractivity contribution in [1.82, 2.24) is 0 Å². The zero-order chi connectivity index (χ0) is 21.8. The van der Waals surface area contributed by atoms with E-state index in [0.717, 1.165) is 36.6 Å². The summed E-state index contributed by atoms with van der Waals surface area (Å²) in [4.78, 5) is 37.3. The van der Waals surface area contributed by atoms with Crippen LogP contribution in [0.15, 0.2) is 12.1 Å². The van der Waals surface area contributed by atoms with Crippen molar-refractivity contribution in [3.05, 3.63) is 28.3 Å². The van der Waals surface area contributed by atoms with Crippen LogP contribution in [0.3, 0.4) is 0 Å². The van der Waals surface area contributed by atoms with E-state index >= 15 is 0 Å². The maximum absolute atomic E-state index is 12.7. The molecule has 0 fully saturated rings. The van der Waals surface area contributed by atoms with Crippen LogP contribution in [-0.2, 0) is 14.4 Å². The number of amides is 1. The summed E-state index contributed by atoms with van der Waals surface area (Å²) >= 11 is 7.13. The van der Waals surface area contributed by atoms with Gasteiger partial charge in [-0.25, -0.2) is 0 Å². The van der Waals surface area contributed by atoms with Gasteiger partial charge in [-0.1, -0.05) is 74.9 Å². The first kappa shape index (κ1) is 25.5. The highest BCUT2D eigenvalue weighted by Gasteiger charge is 2.23. The number of thioether (sulfide) groups is 1. The van der Waals surface area contributed by atoms with E-state index in [1.807, 2.05) is 0 Å². The minimum Gasteiger partial charge on any atom is -0.480 e. The predicted octanol–water partition coefficient (Wildman–Crippen LogP) is 5.77. The number of aryl methyl sites for hydroxylation is 1. The van der Waals surface area contributed by atoms with Gasteiger partial charge in [0.25, 0.3) is 0 Å². The molecule has 0 heterocycles. The van der Waals surface area contributed by atoms with Crippen LogP contribution in [0.5, 0.6) is 0 Å². The topological polar surface area (TPSA) is 74.7 Å². The number of halogens is 1. The summed E-state index contributed by atoms with van der Waals surface area (Å²) in [5.74, 6) is -1.59. The van der Waals surface area contributed by atoms with Gasteiger partial charge in [0.2, 0.25) is 5.91 Å². The fourth-order valence-corrected chi connectivity index (χ4v) is 4.05. The second-order valence-corrected chi connectivity index (χ2v) is 8.68. The van der Waals surface area contributed by atoms with E-state index in [1.54, 1.807) is 26.0 Å². The quantitative estimate of drug-likeness (QED) is 0.393. The van der Waals surface area contributed by atoms with Gasteiger partial charge in [0, 0.05) is 11.4 Å². The number of carboxylic acid groups (broad SMARTS) is 1. The minimum atomic E-state index is -1.11. The highest BCUT2D eigenvalue weighted by atomic mass is 35.5. The Morgan fingerprint density at radius 2 is 1.66 bits per heavy atom. The number of rotatable bonds is 13. The molecule has 0 unspecified atom stereocenters. The molecule has 1 rings (SSSR count). The first-order chi connectivity index (χ1) is 13.8. The summed E-state index contributed by atoms with van der Waals surface area (Å²) in [6.45, 7) is 5.28. The number of aliphatic carboxylic acids is 1. The maximum atomic E-state index is 12.7. The number of hydrogen-bond donors (Lipinski definition) is 1. The molecule has 0 aliphatic rings. The van der Waals surface area contributed by atoms with Crippen LogP contribution in [-0.4, -0.2) is 34.4 Å². The van der Waals surface area contributed by atoms with Crippen LogP contribution in [0.4, 0.5) is 5.69 Å². The van der Waals surface area contributed by atoms with Crippen molar-refractivity contribution >= 4 is 46.0 Å². The standard InChI is InChI=1S/C22H32ClNO4S/c1-4-5-6-7-8-9-10-11-21(28)29-15-19(25)24(14-20(26)27)22-16(2)12-13-18(23)17(22)3/h12-13H,4-11,14-15H2,1-3H3,(H,26,27). The van der Waals surface area contributed by atoms with E-state index in [1.165, 1.54) is 30.6 Å². The van der Waals surface area contributed by atoms with E-state index in [9.17, 15) is 19.5 Å². The van der Waals surface area contributed by atoms with Gasteiger partial charge in [0.05, 0.1) is 11.4 Å². The average molecular weight is 442 g/mol. The van der Waals surface area contributed by atoms with Crippen LogP contribution in [0.25, 0.3) is 0 Å². The number of carbonyl (C=O) groups excluding carboxylic acids is 2. The summed E-state index contributed by atoms with van der Waals surface area (Å²) in [5, 5.41) is 9.69. The molecule has 0 bridgehead atoms. The first-order valence-corrected chi connectivity index (χ1v) is 11.6. The fourth-order valence-electron chi connectivity index (χ4n) is 3.17. The lowest BCUT2D eigenvalue weighted by Crippen LogP contribution is -2.38. The summed E-state index contributed by atoms with van der Waals surface area (Å²) in [5.41, 5.74) is 1.92. The van der Waals surface area contributed by atoms with E-state index in [4.69, 9.17) is 11.6 Å². The van der Waals surface area contributed by atoms with Gasteiger partial charge in [0.15, 0.2) is 5.12 Å². The van der Waals surface area contributed by atoms with Gasteiger partial charge in [-0.05, 0) is 37.5 Å². The first-order valence-electron chi connectivity index (χ1n) is 10.2. The molecule has 0 radical (unpaired) electrons. The highest BCUT2D eigenvalue weighted by molar-refractivity contribution is 8.14. The number of benzene rings is 1. The van der Waals surface area contributed by atoms with E-state index in [0.29, 0.717) is 22.7 Å². The third-order valence-electron chi connectivity index (χ3n) is 4.77. The number of nitrogens with zero attached hydrogens (tertiary/aromatic N) is 1. The van der Waals surface area contributed by atoms with Gasteiger partial charge >= 0.3 is 5.97 Å². The lowest BCUT2D eigenvalue weighted by atomic mass is 10.1. The molecule has 1 amide bonds. The fraction of sp³-hybridized carbons (Fsp3) is 0.591. The van der Waals surface area contributed by atoms with Crippen LogP contribution >= 0.6 is 23.4 Å². The van der Waals surface area contributed by atoms with Crippen molar-refractivity contribution in [3.63, 3.8) is 0 Å². The molecule has 0 aliphatic carbocycles. The Balaban J connectivity index is 2.59. The minimum absolute atomic E-state index is 0.0262. The third-order valence-corrected chi connectivity index (χ3v) is 6.10. The molecule has 0 aliphatic heterocycles. The van der Waals surface area contributed by atoms with Crippen LogP contribution in [0, 0.1) is 13.8 Å². The number of hydrogen-bond acceptors (Lipinski definition) is 4. The summed E-state index contributed by atoms with van der Waals surface area (Å²) in [6, 6.07) is 3.48. The Kier molecular flexibility index (Phi) is 12.0. The average Bonchev–Trinajstić information content (AvgIpc) is 2.67. The molecule has 0 atom stereocenters. The molecule has 0 aromatic heterocycles. The SMILES string of the molecule is CCCCCCCCCC(=O)SCC(=O)N(CC(=O)O)c1c(C)ccc(Cl)c1C. The molecule has 1 aromatic carbocycles. The molecule has 1 N–H and O–H groups in total. The number of anilines is 1. The third kappa shape index (κ3) is 9.22. The monoisotopic (exact) mass is 441 g/mol. The molecule has 29 heavy (non-hydrogen) atoms. The molecule has 162 valence electrons. The molecule has 0 saturated carbocycles. The Bertz CT molecular complexity index is 708. The second-order valence-electron chi connectivity index (χ2n) is 7.24. The van der Waals surface area contributed by atoms with Crippen LogP contribution in [0.1, 0.15) is 69.4 Å². The summed E-state index contributed by atoms with van der Waals surface area (Å²) in [6.07, 6.45) is 8.36. The second kappa shape index (κ2) is 13.6. The normalized spacial score (nSPS) is 10.8. The van der Waals surface area contributed by atoms with Gasteiger partial charge in [-0.15, -0.1) is 0 Å². The molecule has 1 aromatic rings. The Morgan fingerprint density at radius 1 is 1.03 bits per heavy atom. The molecular formula is C22H32ClNO4S. The summed E-state index contributed by atoms with van der Waals surface area (Å²) < 4.78 is 0. The van der Waals surface area contributed by atoms with Crippen molar-refractivity contribution in [1.29, 1.82) is 0 Å². The molecule has 7 heteroatoms. The van der Waals surface area contributed by atoms with Gasteiger partial charge in [0.1, 0.15) is 6.54 Å². The molecule has 0 saturated heterocycles. The van der Waals surface area contributed by atoms with Crippen LogP contribution in [0.2, 0.25) is 5.02 Å². The number of carbonyl (C=O) groups is 3. The van der Waals surface area contributed by atoms with Gasteiger partial charge in [-0.3, -0.25) is 19.3 Å². The smallest absolute Gasteiger partial charge is 0.323 e. The van der Waals surface area contributed by atoms with Crippen molar-refractivity contribution in [2.24, 2.45) is 0 Å². The summed E-state index contributed by atoms with van der Waals surface area (Å²) in [7, 11) is 0. The Hall–Kier alpha value is -1.53. The molecular weight excluding hydrogens is 410 g/mol. The van der Waals surface area contributed by atoms with E-state index < -0.39 is 18.4 Å². The lowest BCUT2D eigenvalue weighted by molar-refractivity contribution is -0.136. The number of unbranched alkanes of at least 4 members (excludes halogenated alkanes) is 6. The Labute approximate surface area is 183 Å². The van der Waals surface area contributed by atoms with Crippen molar-refractivity contribution in [2.75, 3.05) is 17.2 Å². The van der Waals surface area contributed by atoms with E-state index in [2.05, 4.69) is 6.92 Å². The lowest BCUT2D eigenvalue weighted by Gasteiger charge is -2.25. The van der Waals surface area contributed by atoms with Gasteiger partial charge in [-0.2, -0.15) is 0 Å². The van der Waals surface area contributed by atoms with Crippen molar-refractivity contribution in [2.45, 2.75) is 72.1 Å². The van der Waals surface area contributed by atoms with E-state index in [-0.39, 0.29) is 10.9 Å². The molecule has 5 nitrogen and oxygen atoms in total. The van der Waals surface area contributed by atoms with Crippen molar-refractivity contribution in [3.8, 4) is 0 Å². The van der Waals surface area contributed by atoms with Crippen LogP contribution < -0.4 is 4.90 Å². The zero-order valence-electron chi connectivity index (χ0n) is 17.6. The zero-order valence-corrected chi connectivity index (χ0v) is 19.2. The number of carboxylic acids is 1. The molecule has 0 spiro atoms. The van der Waals surface area contributed by atoms with Crippen molar-refractivity contribution < 1.29 is 19.5 Å². The largest absolute Gasteiger partial charge is 0.480 e. The Morgan fingerprint density at radius 3 is 2.28 bits per heavy atom. The maximum Gasteiger partial charge on any atom is 0.323 e. The van der Waals surface area contributed by atoms with Gasteiger partial charge < -0.3 is 5.11 Å². The highest BCUT2D eigenvalue weighted by Crippen LogP contribution is 2.31.